The van der Waals surface area contributed by atoms with Gasteiger partial charge >= 0.3 is 0 Å². The van der Waals surface area contributed by atoms with E-state index in [2.05, 4.69) is 19.9 Å². The van der Waals surface area contributed by atoms with Crippen molar-refractivity contribution in [2.24, 2.45) is 5.73 Å². The van der Waals surface area contributed by atoms with Crippen molar-refractivity contribution in [2.75, 3.05) is 6.61 Å². The van der Waals surface area contributed by atoms with Crippen LogP contribution in [0.4, 0.5) is 0 Å². The summed E-state index contributed by atoms with van der Waals surface area (Å²) in [5, 5.41) is 9.69. The van der Waals surface area contributed by atoms with E-state index >= 15 is 0 Å². The second-order valence-corrected chi connectivity index (χ2v) is 6.42. The molecule has 0 aliphatic heterocycles. The molecule has 0 fully saturated rings. The van der Waals surface area contributed by atoms with Gasteiger partial charge in [0.2, 0.25) is 11.8 Å². The van der Waals surface area contributed by atoms with E-state index in [1.165, 1.54) is 6.08 Å². The highest BCUT2D eigenvalue weighted by Crippen LogP contribution is 2.22. The van der Waals surface area contributed by atoms with Gasteiger partial charge in [-0.2, -0.15) is 0 Å². The second-order valence-electron chi connectivity index (χ2n) is 6.42. The normalized spacial score (nSPS) is 12.0. The maximum absolute atomic E-state index is 10.9. The predicted octanol–water partition coefficient (Wildman–Crippen LogP) is 1.67. The Kier molecular flexibility index (Phi) is 4.68. The summed E-state index contributed by atoms with van der Waals surface area (Å²) in [7, 11) is 0. The summed E-state index contributed by atoms with van der Waals surface area (Å²) >= 11 is 0. The Bertz CT molecular complexity index is 955. The number of pyridine rings is 1. The molecule has 26 heavy (non-hydrogen) atoms. The Hall–Kier alpha value is -3.26. The van der Waals surface area contributed by atoms with Gasteiger partial charge in [0.1, 0.15) is 12.1 Å². The number of fused-ring (bicyclic) bond motifs is 1. The minimum atomic E-state index is -0.931. The van der Waals surface area contributed by atoms with E-state index in [9.17, 15) is 9.90 Å². The SMILES string of the molecule is CC(C)(O)COc1ccc(-c2cnc3[nH]cc(C=CC(N)=O)c3n2)cn1. The van der Waals surface area contributed by atoms with Gasteiger partial charge < -0.3 is 20.6 Å². The van der Waals surface area contributed by atoms with Gasteiger partial charge in [0.05, 0.1) is 17.5 Å². The van der Waals surface area contributed by atoms with E-state index < -0.39 is 11.5 Å². The number of aliphatic hydroxyl groups is 1. The lowest BCUT2D eigenvalue weighted by Gasteiger charge is -2.17. The molecule has 0 spiro atoms. The molecule has 3 rings (SSSR count). The third-order valence-electron chi connectivity index (χ3n) is 3.44. The number of ether oxygens (including phenoxy) is 1. The first-order valence-electron chi connectivity index (χ1n) is 7.95. The smallest absolute Gasteiger partial charge is 0.241 e. The van der Waals surface area contributed by atoms with Crippen molar-refractivity contribution >= 4 is 23.1 Å². The highest BCUT2D eigenvalue weighted by Gasteiger charge is 2.14. The van der Waals surface area contributed by atoms with E-state index in [1.807, 2.05) is 6.07 Å². The quantitative estimate of drug-likeness (QED) is 0.579. The number of H-pyrrole nitrogens is 1. The van der Waals surface area contributed by atoms with Crippen LogP contribution in [0.15, 0.2) is 36.8 Å². The number of nitrogens with zero attached hydrogens (tertiary/aromatic N) is 3. The average molecular weight is 353 g/mol. The van der Waals surface area contributed by atoms with Gasteiger partial charge in [0, 0.05) is 35.7 Å². The van der Waals surface area contributed by atoms with E-state index in [0.717, 1.165) is 5.56 Å². The summed E-state index contributed by atoms with van der Waals surface area (Å²) in [6.07, 6.45) is 7.83. The number of nitrogens with one attached hydrogen (secondary N) is 1. The minimum Gasteiger partial charge on any atom is -0.475 e. The van der Waals surface area contributed by atoms with Gasteiger partial charge in [0.25, 0.3) is 0 Å². The molecule has 0 saturated carbocycles. The second kappa shape index (κ2) is 6.93. The number of hydrogen-bond acceptors (Lipinski definition) is 6. The lowest BCUT2D eigenvalue weighted by atomic mass is 10.2. The molecule has 134 valence electrons. The van der Waals surface area contributed by atoms with Crippen molar-refractivity contribution in [3.05, 3.63) is 42.4 Å². The van der Waals surface area contributed by atoms with Crippen LogP contribution in [0.5, 0.6) is 5.88 Å². The third-order valence-corrected chi connectivity index (χ3v) is 3.44. The topological polar surface area (TPSA) is 127 Å². The molecule has 0 aliphatic carbocycles. The molecule has 1 amide bonds. The summed E-state index contributed by atoms with van der Waals surface area (Å²) in [5.74, 6) is -0.119. The molecular weight excluding hydrogens is 334 g/mol. The molecular formula is C18H19N5O3. The molecule has 3 aromatic heterocycles. The Labute approximate surface area is 149 Å². The van der Waals surface area contributed by atoms with Crippen LogP contribution in [0.2, 0.25) is 0 Å². The first kappa shape index (κ1) is 17.6. The first-order valence-corrected chi connectivity index (χ1v) is 7.95. The number of carbonyl (C=O) groups is 1. The fourth-order valence-corrected chi connectivity index (χ4v) is 2.22. The van der Waals surface area contributed by atoms with Crippen LogP contribution >= 0.6 is 0 Å². The minimum absolute atomic E-state index is 0.143. The van der Waals surface area contributed by atoms with Crippen molar-refractivity contribution < 1.29 is 14.6 Å². The number of aromatic amines is 1. The summed E-state index contributed by atoms with van der Waals surface area (Å²) < 4.78 is 5.44. The van der Waals surface area contributed by atoms with Gasteiger partial charge in [0.15, 0.2) is 5.65 Å². The lowest BCUT2D eigenvalue weighted by Crippen LogP contribution is -2.28. The van der Waals surface area contributed by atoms with Gasteiger partial charge in [-0.15, -0.1) is 0 Å². The molecule has 8 nitrogen and oxygen atoms in total. The highest BCUT2D eigenvalue weighted by molar-refractivity contribution is 5.93. The van der Waals surface area contributed by atoms with Crippen molar-refractivity contribution in [1.82, 2.24) is 19.9 Å². The van der Waals surface area contributed by atoms with Crippen molar-refractivity contribution in [3.63, 3.8) is 0 Å². The van der Waals surface area contributed by atoms with Gasteiger partial charge in [-0.1, -0.05) is 0 Å². The number of rotatable bonds is 6. The third kappa shape index (κ3) is 4.22. The monoisotopic (exact) mass is 353 g/mol. The lowest BCUT2D eigenvalue weighted by molar-refractivity contribution is -0.113. The summed E-state index contributed by atoms with van der Waals surface area (Å²) in [6.45, 7) is 3.46. The van der Waals surface area contributed by atoms with E-state index in [-0.39, 0.29) is 6.61 Å². The zero-order valence-corrected chi connectivity index (χ0v) is 14.4. The molecule has 0 atom stereocenters. The van der Waals surface area contributed by atoms with Gasteiger partial charge in [-0.3, -0.25) is 4.79 Å². The van der Waals surface area contributed by atoms with Crippen LogP contribution in [0.1, 0.15) is 19.4 Å². The van der Waals surface area contributed by atoms with Crippen LogP contribution in [0.25, 0.3) is 28.5 Å². The Morgan fingerprint density at radius 3 is 2.81 bits per heavy atom. The number of hydrogen-bond donors (Lipinski definition) is 3. The van der Waals surface area contributed by atoms with Crippen molar-refractivity contribution in [2.45, 2.75) is 19.4 Å². The predicted molar refractivity (Wildman–Crippen MR) is 97.1 cm³/mol. The van der Waals surface area contributed by atoms with Gasteiger partial charge in [-0.05, 0) is 26.0 Å². The van der Waals surface area contributed by atoms with E-state index in [4.69, 9.17) is 10.5 Å². The molecule has 0 aromatic carbocycles. The Morgan fingerprint density at radius 1 is 1.35 bits per heavy atom. The zero-order chi connectivity index (χ0) is 18.7. The van der Waals surface area contributed by atoms with Gasteiger partial charge in [-0.25, -0.2) is 15.0 Å². The molecule has 4 N–H and O–H groups in total. The molecule has 0 bridgehead atoms. The fourth-order valence-electron chi connectivity index (χ4n) is 2.22. The van der Waals surface area contributed by atoms with Crippen LogP contribution in [-0.2, 0) is 4.79 Å². The Balaban J connectivity index is 1.85. The van der Waals surface area contributed by atoms with Crippen LogP contribution in [-0.4, -0.2) is 43.2 Å². The number of amides is 1. The molecule has 0 unspecified atom stereocenters. The average Bonchev–Trinajstić information content (AvgIpc) is 3.00. The fraction of sp³-hybridized carbons (Fsp3) is 0.222. The van der Waals surface area contributed by atoms with Crippen LogP contribution < -0.4 is 10.5 Å². The first-order chi connectivity index (χ1) is 12.3. The maximum atomic E-state index is 10.9. The molecule has 0 saturated heterocycles. The largest absolute Gasteiger partial charge is 0.475 e. The van der Waals surface area contributed by atoms with Crippen molar-refractivity contribution in [1.29, 1.82) is 0 Å². The summed E-state index contributed by atoms with van der Waals surface area (Å²) in [6, 6.07) is 3.52. The Morgan fingerprint density at radius 2 is 2.15 bits per heavy atom. The van der Waals surface area contributed by atoms with E-state index in [0.29, 0.717) is 28.3 Å². The molecule has 0 radical (unpaired) electrons. The standard InChI is InChI=1S/C18H19N5O3/c1-18(2,25)10-26-15-6-4-11(7-20-15)13-9-22-17-16(23-13)12(8-21-17)3-5-14(19)24/h3-9,25H,10H2,1-2H3,(H2,19,24)(H,21,22). The number of aromatic nitrogens is 4. The van der Waals surface area contributed by atoms with Crippen molar-refractivity contribution in [3.8, 4) is 17.1 Å². The molecule has 8 heteroatoms. The summed E-state index contributed by atoms with van der Waals surface area (Å²) in [5.41, 5.74) is 7.55. The molecule has 3 heterocycles. The van der Waals surface area contributed by atoms with Crippen LogP contribution in [0, 0.1) is 0 Å². The number of primary amides is 1. The summed E-state index contributed by atoms with van der Waals surface area (Å²) in [4.78, 5) is 27.1. The van der Waals surface area contributed by atoms with Crippen LogP contribution in [0.3, 0.4) is 0 Å². The maximum Gasteiger partial charge on any atom is 0.241 e. The number of carbonyl (C=O) groups excluding carboxylic acids is 1. The number of nitrogens with two attached hydrogens (primary N) is 1. The highest BCUT2D eigenvalue weighted by atomic mass is 16.5. The molecule has 0 aliphatic rings. The zero-order valence-electron chi connectivity index (χ0n) is 14.4. The molecule has 3 aromatic rings. The van der Waals surface area contributed by atoms with E-state index in [1.54, 1.807) is 44.6 Å².